The van der Waals surface area contributed by atoms with E-state index in [1.54, 1.807) is 29.2 Å². The molecule has 6 nitrogen and oxygen atoms in total. The summed E-state index contributed by atoms with van der Waals surface area (Å²) in [5.41, 5.74) is 0.527. The van der Waals surface area contributed by atoms with Crippen LogP contribution in [0.4, 0.5) is 19.0 Å². The van der Waals surface area contributed by atoms with Crippen molar-refractivity contribution >= 4 is 23.3 Å². The van der Waals surface area contributed by atoms with Crippen molar-refractivity contribution in [2.75, 3.05) is 19.0 Å². The number of methoxy groups -OCH3 is 1. The third-order valence-electron chi connectivity index (χ3n) is 6.08. The molecule has 1 saturated heterocycles. The maximum atomic E-state index is 13.9. The van der Waals surface area contributed by atoms with Crippen molar-refractivity contribution in [2.24, 2.45) is 0 Å². The van der Waals surface area contributed by atoms with Gasteiger partial charge in [-0.05, 0) is 43.9 Å². The number of carbonyl (C=O) groups excluding carboxylic acids is 1. The van der Waals surface area contributed by atoms with Gasteiger partial charge in [0.15, 0.2) is 11.7 Å². The summed E-state index contributed by atoms with van der Waals surface area (Å²) < 4.78 is 47.8. The molecular weight excluding hydrogens is 433 g/mol. The number of carbonyl (C=O) groups is 1. The summed E-state index contributed by atoms with van der Waals surface area (Å²) in [6.45, 7) is 2.47. The van der Waals surface area contributed by atoms with Crippen molar-refractivity contribution in [3.63, 3.8) is 0 Å². The molecule has 1 fully saturated rings. The van der Waals surface area contributed by atoms with Gasteiger partial charge in [-0.1, -0.05) is 23.7 Å². The van der Waals surface area contributed by atoms with Crippen LogP contribution in [0.15, 0.2) is 24.3 Å². The van der Waals surface area contributed by atoms with Crippen LogP contribution in [0.5, 0.6) is 5.75 Å². The van der Waals surface area contributed by atoms with Gasteiger partial charge in [-0.25, -0.2) is 4.68 Å². The number of anilines is 1. The minimum absolute atomic E-state index is 0.00513. The maximum Gasteiger partial charge on any atom is 0.410 e. The number of rotatable bonds is 3. The van der Waals surface area contributed by atoms with Crippen molar-refractivity contribution in [1.82, 2.24) is 14.7 Å². The van der Waals surface area contributed by atoms with Crippen LogP contribution >= 0.6 is 11.6 Å². The van der Waals surface area contributed by atoms with E-state index in [1.807, 2.05) is 6.92 Å². The first-order chi connectivity index (χ1) is 14.7. The van der Waals surface area contributed by atoms with Crippen LogP contribution in [-0.2, 0) is 0 Å². The summed E-state index contributed by atoms with van der Waals surface area (Å²) in [4.78, 5) is 14.7. The van der Waals surface area contributed by atoms with Crippen LogP contribution in [0, 0.1) is 0 Å². The lowest BCUT2D eigenvalue weighted by molar-refractivity contribution is -0.173. The van der Waals surface area contributed by atoms with E-state index in [9.17, 15) is 18.0 Å². The monoisotopic (exact) mass is 456 g/mol. The smallest absolute Gasteiger partial charge is 0.410 e. The number of alkyl halides is 3. The van der Waals surface area contributed by atoms with Crippen molar-refractivity contribution < 1.29 is 22.7 Å². The van der Waals surface area contributed by atoms with E-state index in [-0.39, 0.29) is 29.0 Å². The molecule has 10 heteroatoms. The zero-order valence-electron chi connectivity index (χ0n) is 17.2. The number of hydrogen-bond acceptors (Lipinski definition) is 4. The van der Waals surface area contributed by atoms with Crippen LogP contribution in [-0.4, -0.2) is 46.5 Å². The largest absolute Gasteiger partial charge is 0.497 e. The predicted octanol–water partition coefficient (Wildman–Crippen LogP) is 5.22. The second-order valence-electron chi connectivity index (χ2n) is 8.06. The number of ether oxygens (including phenoxy) is 1. The van der Waals surface area contributed by atoms with Gasteiger partial charge in [0.1, 0.15) is 16.6 Å². The van der Waals surface area contributed by atoms with E-state index in [0.29, 0.717) is 17.9 Å². The first-order valence-corrected chi connectivity index (χ1v) is 10.6. The van der Waals surface area contributed by atoms with E-state index in [4.69, 9.17) is 16.3 Å². The Labute approximate surface area is 183 Å². The van der Waals surface area contributed by atoms with Gasteiger partial charge in [0.25, 0.3) is 5.91 Å². The molecule has 1 amide bonds. The Bertz CT molecular complexity index is 961. The Kier molecular flexibility index (Phi) is 5.81. The number of likely N-dealkylation sites (tertiary alicyclic amines) is 1. The van der Waals surface area contributed by atoms with Crippen LogP contribution < -0.4 is 10.1 Å². The molecule has 168 valence electrons. The molecule has 0 bridgehead atoms. The number of aromatic nitrogens is 2. The zero-order valence-corrected chi connectivity index (χ0v) is 18.0. The van der Waals surface area contributed by atoms with Gasteiger partial charge in [0, 0.05) is 19.0 Å². The Hall–Kier alpha value is -2.42. The molecule has 3 heterocycles. The molecule has 2 aliphatic rings. The van der Waals surface area contributed by atoms with Gasteiger partial charge in [0.2, 0.25) is 0 Å². The first kappa shape index (κ1) is 21.8. The van der Waals surface area contributed by atoms with Gasteiger partial charge in [0.05, 0.1) is 13.2 Å². The average Bonchev–Trinajstić information content (AvgIpc) is 3.09. The van der Waals surface area contributed by atoms with Crippen LogP contribution in [0.25, 0.3) is 0 Å². The average molecular weight is 457 g/mol. The molecule has 0 saturated carbocycles. The summed E-state index contributed by atoms with van der Waals surface area (Å²) >= 11 is 6.44. The number of benzene rings is 1. The van der Waals surface area contributed by atoms with Crippen LogP contribution in [0.3, 0.4) is 0 Å². The van der Waals surface area contributed by atoms with E-state index in [1.165, 1.54) is 7.11 Å². The topological polar surface area (TPSA) is 59.4 Å². The predicted molar refractivity (Wildman–Crippen MR) is 111 cm³/mol. The number of amides is 1. The lowest BCUT2D eigenvalue weighted by Crippen LogP contribution is -2.42. The lowest BCUT2D eigenvalue weighted by atomic mass is 9.97. The Morgan fingerprint density at radius 2 is 1.97 bits per heavy atom. The molecule has 3 atom stereocenters. The minimum Gasteiger partial charge on any atom is -0.497 e. The number of piperidine rings is 1. The van der Waals surface area contributed by atoms with Crippen LogP contribution in [0.1, 0.15) is 60.7 Å². The highest BCUT2D eigenvalue weighted by atomic mass is 35.5. The molecule has 1 aromatic carbocycles. The SMILES string of the molecule is COc1ccc([C@@H]2C[C@H](C(F)(F)F)n3nc(C(=O)N4CCCC[C@H]4C)c(Cl)c3N2)cc1. The van der Waals surface area contributed by atoms with Gasteiger partial charge >= 0.3 is 6.18 Å². The molecule has 31 heavy (non-hydrogen) atoms. The fraction of sp³-hybridized carbons (Fsp3) is 0.524. The fourth-order valence-electron chi connectivity index (χ4n) is 4.32. The van der Waals surface area contributed by atoms with Gasteiger partial charge in [-0.15, -0.1) is 0 Å². The Balaban J connectivity index is 1.71. The van der Waals surface area contributed by atoms with Crippen molar-refractivity contribution in [1.29, 1.82) is 0 Å². The molecule has 1 aromatic heterocycles. The second kappa shape index (κ2) is 8.26. The molecule has 0 spiro atoms. The van der Waals surface area contributed by atoms with E-state index in [0.717, 1.165) is 23.9 Å². The number of halogens is 4. The molecular formula is C21H24ClF3N4O2. The number of nitrogens with zero attached hydrogens (tertiary/aromatic N) is 3. The van der Waals surface area contributed by atoms with Gasteiger partial charge in [-0.3, -0.25) is 4.79 Å². The summed E-state index contributed by atoms with van der Waals surface area (Å²) in [5.74, 6) is 0.199. The van der Waals surface area contributed by atoms with E-state index < -0.39 is 24.2 Å². The molecule has 0 unspecified atom stereocenters. The number of nitrogens with one attached hydrogen (secondary N) is 1. The summed E-state index contributed by atoms with van der Waals surface area (Å²) in [5, 5.41) is 7.05. The normalized spacial score (nSPS) is 23.8. The van der Waals surface area contributed by atoms with E-state index >= 15 is 0 Å². The summed E-state index contributed by atoms with van der Waals surface area (Å²) in [6.07, 6.45) is -2.10. The quantitative estimate of drug-likeness (QED) is 0.688. The molecule has 0 radical (unpaired) electrons. The van der Waals surface area contributed by atoms with Crippen molar-refractivity contribution in [3.05, 3.63) is 40.5 Å². The Morgan fingerprint density at radius 1 is 1.26 bits per heavy atom. The highest BCUT2D eigenvalue weighted by Crippen LogP contribution is 2.46. The molecule has 4 rings (SSSR count). The summed E-state index contributed by atoms with van der Waals surface area (Å²) in [7, 11) is 1.52. The standard InChI is InChI=1S/C21H24ClF3N4O2/c1-12-5-3-4-10-28(12)20(30)18-17(22)19-26-15(13-6-8-14(31-2)9-7-13)11-16(21(23,24)25)29(19)27-18/h6-9,12,15-16,26H,3-5,10-11H2,1-2H3/t12-,15+,16-/m1/s1. The highest BCUT2D eigenvalue weighted by molar-refractivity contribution is 6.36. The van der Waals surface area contributed by atoms with E-state index in [2.05, 4.69) is 10.4 Å². The first-order valence-electron chi connectivity index (χ1n) is 10.3. The molecule has 2 aromatic rings. The highest BCUT2D eigenvalue weighted by Gasteiger charge is 2.48. The molecule has 1 N–H and O–H groups in total. The summed E-state index contributed by atoms with van der Waals surface area (Å²) in [6, 6.07) is 4.27. The number of hydrogen-bond donors (Lipinski definition) is 1. The van der Waals surface area contributed by atoms with Gasteiger partial charge < -0.3 is 15.0 Å². The Morgan fingerprint density at radius 3 is 2.58 bits per heavy atom. The third-order valence-corrected chi connectivity index (χ3v) is 6.44. The van der Waals surface area contributed by atoms with Gasteiger partial charge in [-0.2, -0.15) is 18.3 Å². The van der Waals surface area contributed by atoms with Crippen LogP contribution in [0.2, 0.25) is 5.02 Å². The molecule has 2 aliphatic heterocycles. The molecule has 0 aliphatic carbocycles. The fourth-order valence-corrected chi connectivity index (χ4v) is 4.58. The lowest BCUT2D eigenvalue weighted by Gasteiger charge is -2.33. The minimum atomic E-state index is -4.55. The number of fused-ring (bicyclic) bond motifs is 1. The van der Waals surface area contributed by atoms with Crippen molar-refractivity contribution in [2.45, 2.75) is 56.9 Å². The second-order valence-corrected chi connectivity index (χ2v) is 8.44. The third kappa shape index (κ3) is 4.07. The maximum absolute atomic E-state index is 13.9. The van der Waals surface area contributed by atoms with Crippen molar-refractivity contribution in [3.8, 4) is 5.75 Å². The zero-order chi connectivity index (χ0) is 22.3.